The normalized spacial score (nSPS) is 12.8. The summed E-state index contributed by atoms with van der Waals surface area (Å²) in [6, 6.07) is 15.2. The number of aliphatic carboxylic acids is 1. The molecule has 0 saturated carbocycles. The van der Waals surface area contributed by atoms with Crippen LogP contribution in [0.15, 0.2) is 53.4 Å². The van der Waals surface area contributed by atoms with Crippen molar-refractivity contribution < 1.29 is 19.4 Å². The Kier molecular flexibility index (Phi) is 10.6. The summed E-state index contributed by atoms with van der Waals surface area (Å²) in [5.41, 5.74) is 1.92. The van der Waals surface area contributed by atoms with Gasteiger partial charge in [0.15, 0.2) is 0 Å². The smallest absolute Gasteiger partial charge is 0.303 e. The molecule has 0 bridgehead atoms. The van der Waals surface area contributed by atoms with Gasteiger partial charge in [0.25, 0.3) is 0 Å². The number of carboxylic acids is 1. The van der Waals surface area contributed by atoms with Gasteiger partial charge in [-0.3, -0.25) is 4.79 Å². The van der Waals surface area contributed by atoms with Crippen molar-refractivity contribution in [2.24, 2.45) is 0 Å². The first-order valence-electron chi connectivity index (χ1n) is 11.0. The number of nitrogens with zero attached hydrogens (tertiary/aromatic N) is 1. The molecule has 0 heterocycles. The van der Waals surface area contributed by atoms with Crippen LogP contribution in [0.4, 0.5) is 4.39 Å². The van der Waals surface area contributed by atoms with E-state index in [9.17, 15) is 14.3 Å². The van der Waals surface area contributed by atoms with Crippen LogP contribution in [0.25, 0.3) is 0 Å². The maximum Gasteiger partial charge on any atom is 0.303 e. The lowest BCUT2D eigenvalue weighted by molar-refractivity contribution is -0.136. The molecule has 0 aliphatic carbocycles. The highest BCUT2D eigenvalue weighted by Gasteiger charge is 2.19. The molecule has 0 fully saturated rings. The molecule has 0 aromatic heterocycles. The Labute approximate surface area is 195 Å². The fourth-order valence-corrected chi connectivity index (χ4v) is 4.31. The maximum absolute atomic E-state index is 14.3. The van der Waals surface area contributed by atoms with E-state index in [0.717, 1.165) is 19.3 Å². The van der Waals surface area contributed by atoms with Gasteiger partial charge < -0.3 is 15.5 Å². The summed E-state index contributed by atoms with van der Waals surface area (Å²) in [5, 5.41) is 22.6. The minimum Gasteiger partial charge on any atom is -0.481 e. The van der Waals surface area contributed by atoms with Gasteiger partial charge in [-0.05, 0) is 81.8 Å². The molecule has 3 N–H and O–H groups in total. The fourth-order valence-electron chi connectivity index (χ4n) is 3.45. The van der Waals surface area contributed by atoms with Crippen LogP contribution >= 0.6 is 11.9 Å². The number of likely N-dealkylation sites (N-methyl/N-ethyl adjacent to an activating group) is 1. The van der Waals surface area contributed by atoms with Crippen molar-refractivity contribution in [3.05, 3.63) is 65.5 Å². The Morgan fingerprint density at radius 2 is 1.88 bits per heavy atom. The highest BCUT2D eigenvalue weighted by molar-refractivity contribution is 7.97. The fraction of sp³-hybridized carbons (Fsp3) is 0.480. The van der Waals surface area contributed by atoms with E-state index in [0.29, 0.717) is 30.0 Å². The number of hydrogen-bond donors (Lipinski definition) is 3. The summed E-state index contributed by atoms with van der Waals surface area (Å²) in [7, 11) is 1.82. The Morgan fingerprint density at radius 1 is 1.16 bits per heavy atom. The molecule has 0 aliphatic rings. The van der Waals surface area contributed by atoms with Gasteiger partial charge in [-0.25, -0.2) is 8.70 Å². The van der Waals surface area contributed by atoms with Crippen LogP contribution in [-0.4, -0.2) is 52.3 Å². The molecule has 2 rings (SSSR count). The monoisotopic (exact) mass is 462 g/mol. The Hall–Kier alpha value is -1.93. The van der Waals surface area contributed by atoms with Crippen LogP contribution in [0.1, 0.15) is 44.2 Å². The summed E-state index contributed by atoms with van der Waals surface area (Å²) in [4.78, 5) is 11.1. The Bertz CT molecular complexity index is 848. The highest BCUT2D eigenvalue weighted by atomic mass is 32.2. The van der Waals surface area contributed by atoms with Crippen molar-refractivity contribution >= 4 is 17.9 Å². The number of nitrogens with one attached hydrogen (secondary N) is 1. The summed E-state index contributed by atoms with van der Waals surface area (Å²) in [5.74, 6) is -1.28. The van der Waals surface area contributed by atoms with Gasteiger partial charge in [-0.1, -0.05) is 36.4 Å². The topological polar surface area (TPSA) is 72.8 Å². The number of aryl methyl sites for hydroxylation is 2. The van der Waals surface area contributed by atoms with Crippen LogP contribution in [0.3, 0.4) is 0 Å². The van der Waals surface area contributed by atoms with Crippen molar-refractivity contribution in [3.8, 4) is 0 Å². The van der Waals surface area contributed by atoms with E-state index < -0.39 is 12.1 Å². The first-order valence-corrected chi connectivity index (χ1v) is 11.8. The third-order valence-corrected chi connectivity index (χ3v) is 6.26. The van der Waals surface area contributed by atoms with Gasteiger partial charge in [0.05, 0.1) is 11.0 Å². The van der Waals surface area contributed by atoms with Gasteiger partial charge in [-0.15, -0.1) is 0 Å². The standard InChI is InChI=1S/C25H35FN2O3S/c1-25(2,15-7-10-19-8-5-4-6-9-19)27-17-21(29)18-28(3)32-23-13-11-20(16-22(23)26)12-14-24(30)31/h4-6,8-9,11,13,16,21,27,29H,7,10,12,14-15,17-18H2,1-3H3,(H,30,31)/t21-/m1/s1. The lowest BCUT2D eigenvalue weighted by atomic mass is 9.95. The molecule has 5 nitrogen and oxygen atoms in total. The molecule has 0 saturated heterocycles. The highest BCUT2D eigenvalue weighted by Crippen LogP contribution is 2.25. The molecule has 1 atom stereocenters. The van der Waals surface area contributed by atoms with Gasteiger partial charge in [0, 0.05) is 25.0 Å². The average molecular weight is 463 g/mol. The van der Waals surface area contributed by atoms with Crippen molar-refractivity contribution in [1.82, 2.24) is 9.62 Å². The molecule has 0 unspecified atom stereocenters. The number of carbonyl (C=O) groups is 1. The number of β-amino-alcohol motifs (C(OH)–C–C–N with tert-alkyl or cyclic N) is 1. The second-order valence-corrected chi connectivity index (χ2v) is 10.1. The van der Waals surface area contributed by atoms with E-state index >= 15 is 0 Å². The summed E-state index contributed by atoms with van der Waals surface area (Å²) in [6.07, 6.45) is 2.80. The van der Waals surface area contributed by atoms with E-state index in [4.69, 9.17) is 5.11 Å². The Morgan fingerprint density at radius 3 is 2.53 bits per heavy atom. The third kappa shape index (κ3) is 10.1. The molecular formula is C25H35FN2O3S. The van der Waals surface area contributed by atoms with Gasteiger partial charge in [0.1, 0.15) is 5.82 Å². The number of aliphatic hydroxyl groups excluding tert-OH is 1. The molecule has 32 heavy (non-hydrogen) atoms. The zero-order valence-corrected chi connectivity index (χ0v) is 20.0. The van der Waals surface area contributed by atoms with Crippen LogP contribution in [-0.2, 0) is 17.6 Å². The van der Waals surface area contributed by atoms with Crippen molar-refractivity contribution in [2.45, 2.75) is 62.5 Å². The number of rotatable bonds is 14. The average Bonchev–Trinajstić information content (AvgIpc) is 2.73. The van der Waals surface area contributed by atoms with E-state index in [-0.39, 0.29) is 17.8 Å². The predicted molar refractivity (Wildman–Crippen MR) is 128 cm³/mol. The minimum absolute atomic E-state index is 0.0202. The zero-order chi connectivity index (χ0) is 23.6. The van der Waals surface area contributed by atoms with Crippen LogP contribution in [0, 0.1) is 5.82 Å². The van der Waals surface area contributed by atoms with E-state index in [1.54, 1.807) is 12.1 Å². The number of halogens is 1. The molecular weight excluding hydrogens is 427 g/mol. The first kappa shape index (κ1) is 26.3. The largest absolute Gasteiger partial charge is 0.481 e. The van der Waals surface area contributed by atoms with E-state index in [1.807, 2.05) is 17.4 Å². The minimum atomic E-state index is -0.898. The molecule has 0 amide bonds. The van der Waals surface area contributed by atoms with Gasteiger partial charge in [-0.2, -0.15) is 0 Å². The van der Waals surface area contributed by atoms with E-state index in [1.165, 1.54) is 23.6 Å². The summed E-state index contributed by atoms with van der Waals surface area (Å²) < 4.78 is 16.2. The van der Waals surface area contributed by atoms with Gasteiger partial charge >= 0.3 is 5.97 Å². The van der Waals surface area contributed by atoms with Crippen LogP contribution in [0.2, 0.25) is 0 Å². The molecule has 0 spiro atoms. The summed E-state index contributed by atoms with van der Waals surface area (Å²) >= 11 is 1.23. The second kappa shape index (κ2) is 12.9. The van der Waals surface area contributed by atoms with Crippen LogP contribution in [0.5, 0.6) is 0 Å². The predicted octanol–water partition coefficient (Wildman–Crippen LogP) is 4.53. The maximum atomic E-state index is 14.3. The van der Waals surface area contributed by atoms with Crippen molar-refractivity contribution in [2.75, 3.05) is 20.1 Å². The molecule has 0 aliphatic heterocycles. The second-order valence-electron chi connectivity index (χ2n) is 8.82. The molecule has 176 valence electrons. The number of aliphatic hydroxyl groups is 1. The van der Waals surface area contributed by atoms with Crippen LogP contribution < -0.4 is 5.32 Å². The lowest BCUT2D eigenvalue weighted by Gasteiger charge is -2.29. The van der Waals surface area contributed by atoms with E-state index in [2.05, 4.69) is 43.4 Å². The number of benzene rings is 2. The lowest BCUT2D eigenvalue weighted by Crippen LogP contribution is -2.45. The molecule has 7 heteroatoms. The molecule has 2 aromatic carbocycles. The quantitative estimate of drug-likeness (QED) is 0.358. The van der Waals surface area contributed by atoms with Crippen molar-refractivity contribution in [3.63, 3.8) is 0 Å². The number of carboxylic acid groups (broad SMARTS) is 1. The Balaban J connectivity index is 1.72. The first-order chi connectivity index (χ1) is 15.1. The summed E-state index contributed by atoms with van der Waals surface area (Å²) in [6.45, 7) is 5.13. The number of hydrogen-bond acceptors (Lipinski definition) is 5. The van der Waals surface area contributed by atoms with Gasteiger partial charge in [0.2, 0.25) is 0 Å². The molecule has 2 aromatic rings. The third-order valence-electron chi connectivity index (χ3n) is 5.27. The zero-order valence-electron chi connectivity index (χ0n) is 19.2. The molecule has 0 radical (unpaired) electrons. The SMILES string of the molecule is CN(C[C@H](O)CNC(C)(C)CCCc1ccccc1)Sc1ccc(CCC(=O)O)cc1F. The van der Waals surface area contributed by atoms with Crippen molar-refractivity contribution in [1.29, 1.82) is 0 Å².